The molecule has 4 aromatic heterocycles. The van der Waals surface area contributed by atoms with Crippen molar-refractivity contribution in [2.24, 2.45) is 0 Å². The van der Waals surface area contributed by atoms with Crippen LogP contribution in [0.2, 0.25) is 0 Å². The van der Waals surface area contributed by atoms with Crippen molar-refractivity contribution < 1.29 is 18.0 Å². The molecule has 0 unspecified atom stereocenters. The number of nitrogens with two attached hydrogens (primary N) is 1. The van der Waals surface area contributed by atoms with Gasteiger partial charge in [0.2, 0.25) is 0 Å². The van der Waals surface area contributed by atoms with E-state index in [0.29, 0.717) is 22.6 Å². The van der Waals surface area contributed by atoms with Crippen LogP contribution < -0.4 is 11.1 Å². The number of nitrogen functional groups attached to an aromatic ring is 1. The summed E-state index contributed by atoms with van der Waals surface area (Å²) in [5.74, 6) is -0.660. The zero-order valence-electron chi connectivity index (χ0n) is 14.7. The Hall–Kier alpha value is -3.95. The van der Waals surface area contributed by atoms with Crippen molar-refractivity contribution >= 4 is 23.2 Å². The van der Waals surface area contributed by atoms with Crippen LogP contribution in [-0.2, 0) is 6.18 Å². The molecule has 1 amide bonds. The SMILES string of the molecule is Nc1ncc(-c2ccc3nc(NC(=O)c4cccnc4)cn3c2)cc1C(F)(F)F. The van der Waals surface area contributed by atoms with E-state index in [1.807, 2.05) is 0 Å². The highest BCUT2D eigenvalue weighted by atomic mass is 19.4. The first-order valence-corrected chi connectivity index (χ1v) is 8.34. The largest absolute Gasteiger partial charge is 0.419 e. The Kier molecular flexibility index (Phi) is 4.38. The molecule has 10 heteroatoms. The van der Waals surface area contributed by atoms with E-state index in [1.165, 1.54) is 12.4 Å². The molecule has 0 spiro atoms. The van der Waals surface area contributed by atoms with Crippen LogP contribution in [0.3, 0.4) is 0 Å². The van der Waals surface area contributed by atoms with Gasteiger partial charge in [-0.25, -0.2) is 9.97 Å². The number of nitrogens with one attached hydrogen (secondary N) is 1. The Morgan fingerprint density at radius 3 is 2.66 bits per heavy atom. The van der Waals surface area contributed by atoms with Crippen molar-refractivity contribution in [2.75, 3.05) is 11.1 Å². The maximum atomic E-state index is 13.1. The molecule has 0 atom stereocenters. The third-order valence-corrected chi connectivity index (χ3v) is 4.17. The van der Waals surface area contributed by atoms with Crippen LogP contribution in [0.5, 0.6) is 0 Å². The zero-order chi connectivity index (χ0) is 20.6. The molecule has 0 saturated heterocycles. The summed E-state index contributed by atoms with van der Waals surface area (Å²) >= 11 is 0. The number of imidazole rings is 1. The van der Waals surface area contributed by atoms with Gasteiger partial charge in [-0.2, -0.15) is 13.2 Å². The third-order valence-electron chi connectivity index (χ3n) is 4.17. The highest BCUT2D eigenvalue weighted by Gasteiger charge is 2.34. The fourth-order valence-corrected chi connectivity index (χ4v) is 2.77. The molecule has 3 N–H and O–H groups in total. The number of hydrogen-bond acceptors (Lipinski definition) is 5. The molecule has 0 saturated carbocycles. The number of nitrogens with zero attached hydrogens (tertiary/aromatic N) is 4. The van der Waals surface area contributed by atoms with Crippen molar-refractivity contribution in [3.8, 4) is 11.1 Å². The van der Waals surface area contributed by atoms with Crippen LogP contribution in [0.15, 0.2) is 61.3 Å². The molecule has 0 radical (unpaired) electrons. The van der Waals surface area contributed by atoms with Crippen molar-refractivity contribution in [2.45, 2.75) is 6.18 Å². The predicted octanol–water partition coefficient (Wildman–Crippen LogP) is 3.64. The molecule has 0 aromatic carbocycles. The van der Waals surface area contributed by atoms with Crippen LogP contribution in [0.4, 0.5) is 24.8 Å². The molecular weight excluding hydrogens is 385 g/mol. The van der Waals surface area contributed by atoms with E-state index in [1.54, 1.807) is 47.3 Å². The molecule has 4 heterocycles. The summed E-state index contributed by atoms with van der Waals surface area (Å²) in [4.78, 5) is 24.0. The first kappa shape index (κ1) is 18.4. The lowest BCUT2D eigenvalue weighted by atomic mass is 10.1. The van der Waals surface area contributed by atoms with E-state index in [0.717, 1.165) is 6.07 Å². The minimum absolute atomic E-state index is 0.253. The minimum atomic E-state index is -4.60. The highest BCUT2D eigenvalue weighted by molar-refractivity contribution is 6.03. The number of hydrogen-bond donors (Lipinski definition) is 2. The molecule has 0 fully saturated rings. The van der Waals surface area contributed by atoms with Crippen molar-refractivity contribution in [3.05, 3.63) is 72.4 Å². The van der Waals surface area contributed by atoms with E-state index in [4.69, 9.17) is 5.73 Å². The normalized spacial score (nSPS) is 11.6. The van der Waals surface area contributed by atoms with Crippen LogP contribution in [0, 0.1) is 0 Å². The van der Waals surface area contributed by atoms with E-state index in [9.17, 15) is 18.0 Å². The van der Waals surface area contributed by atoms with Gasteiger partial charge in [-0.3, -0.25) is 9.78 Å². The van der Waals surface area contributed by atoms with Gasteiger partial charge in [0, 0.05) is 35.9 Å². The topological polar surface area (TPSA) is 98.2 Å². The van der Waals surface area contributed by atoms with Gasteiger partial charge in [-0.05, 0) is 30.3 Å². The lowest BCUT2D eigenvalue weighted by Gasteiger charge is -2.11. The zero-order valence-corrected chi connectivity index (χ0v) is 14.7. The number of carbonyl (C=O) groups is 1. The number of carbonyl (C=O) groups excluding carboxylic acids is 1. The van der Waals surface area contributed by atoms with E-state index >= 15 is 0 Å². The molecule has 4 aromatic rings. The van der Waals surface area contributed by atoms with Crippen molar-refractivity contribution in [1.29, 1.82) is 0 Å². The molecule has 146 valence electrons. The minimum Gasteiger partial charge on any atom is -0.383 e. The van der Waals surface area contributed by atoms with Gasteiger partial charge in [0.05, 0.1) is 17.3 Å². The molecule has 4 rings (SSSR count). The Bertz CT molecular complexity index is 1200. The predicted molar refractivity (Wildman–Crippen MR) is 100 cm³/mol. The second-order valence-corrected chi connectivity index (χ2v) is 6.16. The number of fused-ring (bicyclic) bond motifs is 1. The molecule has 0 aliphatic carbocycles. The Morgan fingerprint density at radius 2 is 1.93 bits per heavy atom. The molecule has 0 aliphatic rings. The molecule has 0 aliphatic heterocycles. The van der Waals surface area contributed by atoms with E-state index < -0.39 is 17.6 Å². The lowest BCUT2D eigenvalue weighted by Crippen LogP contribution is -2.12. The van der Waals surface area contributed by atoms with Crippen molar-refractivity contribution in [1.82, 2.24) is 19.4 Å². The number of aromatic nitrogens is 4. The number of halogens is 3. The summed E-state index contributed by atoms with van der Waals surface area (Å²) in [6, 6.07) is 7.44. The monoisotopic (exact) mass is 398 g/mol. The first-order chi connectivity index (χ1) is 13.8. The molecule has 7 nitrogen and oxygen atoms in total. The summed E-state index contributed by atoms with van der Waals surface area (Å²) in [5, 5.41) is 2.65. The summed E-state index contributed by atoms with van der Waals surface area (Å²) in [6.45, 7) is 0. The average molecular weight is 398 g/mol. The van der Waals surface area contributed by atoms with Gasteiger partial charge in [-0.15, -0.1) is 0 Å². The number of anilines is 2. The van der Waals surface area contributed by atoms with Gasteiger partial charge in [-0.1, -0.05) is 0 Å². The maximum Gasteiger partial charge on any atom is 0.419 e. The fraction of sp³-hybridized carbons (Fsp3) is 0.0526. The average Bonchev–Trinajstić information content (AvgIpc) is 3.09. The number of amides is 1. The summed E-state index contributed by atoms with van der Waals surface area (Å²) in [7, 11) is 0. The quantitative estimate of drug-likeness (QED) is 0.549. The van der Waals surface area contributed by atoms with Crippen LogP contribution in [-0.4, -0.2) is 25.3 Å². The summed E-state index contributed by atoms with van der Waals surface area (Å²) in [5.41, 5.74) is 5.97. The second-order valence-electron chi connectivity index (χ2n) is 6.16. The fourth-order valence-electron chi connectivity index (χ4n) is 2.77. The van der Waals surface area contributed by atoms with E-state index in [-0.39, 0.29) is 11.5 Å². The molecular formula is C19H13F3N6O. The number of rotatable bonds is 3. The van der Waals surface area contributed by atoms with Crippen LogP contribution in [0.25, 0.3) is 16.8 Å². The molecule has 0 bridgehead atoms. The lowest BCUT2D eigenvalue weighted by molar-refractivity contribution is -0.137. The summed E-state index contributed by atoms with van der Waals surface area (Å²) in [6.07, 6.45) is 2.80. The van der Waals surface area contributed by atoms with Gasteiger partial charge in [0.15, 0.2) is 5.82 Å². The third kappa shape index (κ3) is 3.72. The summed E-state index contributed by atoms with van der Waals surface area (Å²) < 4.78 is 40.8. The maximum absolute atomic E-state index is 13.1. The van der Waals surface area contributed by atoms with Gasteiger partial charge >= 0.3 is 6.18 Å². The Balaban J connectivity index is 1.65. The van der Waals surface area contributed by atoms with Gasteiger partial charge < -0.3 is 15.5 Å². The first-order valence-electron chi connectivity index (χ1n) is 8.34. The number of alkyl halides is 3. The Morgan fingerprint density at radius 1 is 1.10 bits per heavy atom. The van der Waals surface area contributed by atoms with Crippen LogP contribution in [0.1, 0.15) is 15.9 Å². The van der Waals surface area contributed by atoms with Gasteiger partial charge in [0.25, 0.3) is 5.91 Å². The van der Waals surface area contributed by atoms with Crippen molar-refractivity contribution in [3.63, 3.8) is 0 Å². The smallest absolute Gasteiger partial charge is 0.383 e. The van der Waals surface area contributed by atoms with Gasteiger partial charge in [0.1, 0.15) is 11.5 Å². The number of pyridine rings is 3. The standard InChI is InChI=1S/C19H13F3N6O/c20-19(21,22)14-6-13(8-25-17(14)23)12-3-4-16-26-15(10-28(16)9-12)27-18(29)11-2-1-5-24-7-11/h1-10H,(H2,23,25)(H,27,29). The molecule has 29 heavy (non-hydrogen) atoms. The van der Waals surface area contributed by atoms with Crippen LogP contribution >= 0.6 is 0 Å². The second kappa shape index (κ2) is 6.89. The highest BCUT2D eigenvalue weighted by Crippen LogP contribution is 2.35. The van der Waals surface area contributed by atoms with E-state index in [2.05, 4.69) is 20.3 Å². The Labute approximate surface area is 162 Å².